The maximum absolute atomic E-state index is 12.9. The minimum absolute atomic E-state index is 0.0810. The van der Waals surface area contributed by atoms with Crippen molar-refractivity contribution in [3.8, 4) is 5.75 Å². The Morgan fingerprint density at radius 1 is 0.971 bits per heavy atom. The molecule has 9 nitrogen and oxygen atoms in total. The quantitative estimate of drug-likeness (QED) is 0.263. The van der Waals surface area contributed by atoms with Gasteiger partial charge in [-0.2, -0.15) is 5.10 Å². The minimum atomic E-state index is -3.68. The Kier molecular flexibility index (Phi) is 8.58. The molecule has 0 atom stereocenters. The summed E-state index contributed by atoms with van der Waals surface area (Å²) in [5, 5.41) is 3.97. The first-order chi connectivity index (χ1) is 16.8. The third kappa shape index (κ3) is 7.41. The van der Waals surface area contributed by atoms with Crippen molar-refractivity contribution in [1.29, 1.82) is 0 Å². The predicted octanol–water partition coefficient (Wildman–Crippen LogP) is 2.97. The average molecular weight is 496 g/mol. The van der Waals surface area contributed by atoms with Crippen LogP contribution in [0.25, 0.3) is 0 Å². The molecule has 0 unspecified atom stereocenters. The number of benzene rings is 3. The summed E-state index contributed by atoms with van der Waals surface area (Å²) in [6.45, 7) is -0.119. The molecule has 3 aromatic rings. The highest BCUT2D eigenvalue weighted by molar-refractivity contribution is 7.92. The molecule has 182 valence electrons. The van der Waals surface area contributed by atoms with Crippen LogP contribution in [0.4, 0.5) is 5.69 Å². The van der Waals surface area contributed by atoms with Crippen molar-refractivity contribution in [1.82, 2.24) is 5.43 Å². The van der Waals surface area contributed by atoms with Gasteiger partial charge in [0.2, 0.25) is 10.0 Å². The Morgan fingerprint density at radius 3 is 2.29 bits per heavy atom. The van der Waals surface area contributed by atoms with Crippen molar-refractivity contribution in [2.24, 2.45) is 5.10 Å². The number of hydrazone groups is 1. The second kappa shape index (κ2) is 11.8. The zero-order valence-corrected chi connectivity index (χ0v) is 20.1. The molecule has 1 N–H and O–H groups in total. The van der Waals surface area contributed by atoms with Crippen molar-refractivity contribution in [2.45, 2.75) is 6.54 Å². The highest BCUT2D eigenvalue weighted by Gasteiger charge is 2.23. The van der Waals surface area contributed by atoms with Gasteiger partial charge in [0, 0.05) is 0 Å². The molecule has 3 rings (SSSR count). The van der Waals surface area contributed by atoms with E-state index in [4.69, 9.17) is 4.74 Å². The molecule has 0 aromatic heterocycles. The van der Waals surface area contributed by atoms with Crippen LogP contribution >= 0.6 is 0 Å². The maximum atomic E-state index is 12.9. The van der Waals surface area contributed by atoms with Gasteiger partial charge in [0.15, 0.2) is 6.61 Å². The zero-order valence-electron chi connectivity index (χ0n) is 19.2. The van der Waals surface area contributed by atoms with Crippen LogP contribution in [0.5, 0.6) is 5.75 Å². The van der Waals surface area contributed by atoms with Crippen LogP contribution in [0.15, 0.2) is 84.0 Å². The van der Waals surface area contributed by atoms with E-state index in [9.17, 15) is 18.0 Å². The highest BCUT2D eigenvalue weighted by Crippen LogP contribution is 2.25. The van der Waals surface area contributed by atoms with Crippen molar-refractivity contribution < 1.29 is 27.5 Å². The summed E-state index contributed by atoms with van der Waals surface area (Å²) >= 11 is 0. The van der Waals surface area contributed by atoms with Gasteiger partial charge in [0.25, 0.3) is 5.91 Å². The van der Waals surface area contributed by atoms with Crippen LogP contribution in [0.3, 0.4) is 0 Å². The van der Waals surface area contributed by atoms with Crippen molar-refractivity contribution in [3.05, 3.63) is 95.6 Å². The number of rotatable bonds is 10. The fourth-order valence-electron chi connectivity index (χ4n) is 3.09. The van der Waals surface area contributed by atoms with Crippen LogP contribution < -0.4 is 14.5 Å². The smallest absolute Gasteiger partial charge is 0.343 e. The molecule has 0 aliphatic rings. The third-order valence-electron chi connectivity index (χ3n) is 4.83. The van der Waals surface area contributed by atoms with Gasteiger partial charge in [-0.3, -0.25) is 9.10 Å². The second-order valence-electron chi connectivity index (χ2n) is 7.41. The fourth-order valence-corrected chi connectivity index (χ4v) is 3.99. The summed E-state index contributed by atoms with van der Waals surface area (Å²) in [4.78, 5) is 24.0. The summed E-state index contributed by atoms with van der Waals surface area (Å²) in [5.41, 5.74) is 4.30. The van der Waals surface area contributed by atoms with Gasteiger partial charge in [0.05, 0.1) is 37.4 Å². The topological polar surface area (TPSA) is 114 Å². The summed E-state index contributed by atoms with van der Waals surface area (Å²) in [7, 11) is -2.40. The highest BCUT2D eigenvalue weighted by atomic mass is 32.2. The van der Waals surface area contributed by atoms with Gasteiger partial charge >= 0.3 is 5.97 Å². The number of hydrogen-bond acceptors (Lipinski definition) is 7. The molecule has 0 bridgehead atoms. The van der Waals surface area contributed by atoms with Crippen molar-refractivity contribution in [3.63, 3.8) is 0 Å². The Bertz CT molecular complexity index is 1290. The van der Waals surface area contributed by atoms with Crippen LogP contribution in [0.2, 0.25) is 0 Å². The van der Waals surface area contributed by atoms with E-state index < -0.39 is 21.9 Å². The second-order valence-corrected chi connectivity index (χ2v) is 9.31. The van der Waals surface area contributed by atoms with E-state index in [2.05, 4.69) is 15.3 Å². The molecule has 3 aromatic carbocycles. The number of carbonyl (C=O) groups is 2. The molecule has 0 aliphatic carbocycles. The molecule has 0 fully saturated rings. The Morgan fingerprint density at radius 2 is 1.63 bits per heavy atom. The van der Waals surface area contributed by atoms with Gasteiger partial charge in [0.1, 0.15) is 5.75 Å². The number of amides is 1. The molecule has 0 saturated carbocycles. The lowest BCUT2D eigenvalue weighted by Crippen LogP contribution is -2.32. The lowest BCUT2D eigenvalue weighted by Gasteiger charge is -2.24. The van der Waals surface area contributed by atoms with Crippen LogP contribution in [-0.4, -0.2) is 46.5 Å². The Labute approximate surface area is 204 Å². The lowest BCUT2D eigenvalue weighted by atomic mass is 10.1. The molecule has 35 heavy (non-hydrogen) atoms. The molecule has 0 saturated heterocycles. The number of nitrogens with zero attached hydrogens (tertiary/aromatic N) is 2. The molecule has 0 radical (unpaired) electrons. The Balaban J connectivity index is 1.72. The SMILES string of the molecule is COC(=O)COc1ccc(/C=N/NC(=O)c2ccccc2N(Cc2ccccc2)S(C)(=O)=O)cc1. The van der Waals surface area contributed by atoms with Gasteiger partial charge < -0.3 is 9.47 Å². The summed E-state index contributed by atoms with van der Waals surface area (Å²) in [5.74, 6) is -0.571. The number of anilines is 1. The van der Waals surface area contributed by atoms with Crippen LogP contribution in [0, 0.1) is 0 Å². The first-order valence-electron chi connectivity index (χ1n) is 10.5. The van der Waals surface area contributed by atoms with Crippen LogP contribution in [0.1, 0.15) is 21.5 Å². The molecule has 10 heteroatoms. The molecule has 1 amide bonds. The van der Waals surface area contributed by atoms with E-state index in [1.54, 1.807) is 42.5 Å². The first-order valence-corrected chi connectivity index (χ1v) is 12.4. The normalized spacial score (nSPS) is 11.1. The average Bonchev–Trinajstić information content (AvgIpc) is 2.86. The van der Waals surface area contributed by atoms with E-state index in [-0.39, 0.29) is 24.4 Å². The predicted molar refractivity (Wildman–Crippen MR) is 133 cm³/mol. The number of methoxy groups -OCH3 is 1. The summed E-state index contributed by atoms with van der Waals surface area (Å²) in [6.07, 6.45) is 2.53. The number of carbonyl (C=O) groups excluding carboxylic acids is 2. The van der Waals surface area contributed by atoms with E-state index in [0.717, 1.165) is 11.8 Å². The molecule has 0 spiro atoms. The van der Waals surface area contributed by atoms with Crippen LogP contribution in [-0.2, 0) is 26.1 Å². The zero-order chi connectivity index (χ0) is 25.3. The van der Waals surface area contributed by atoms with Gasteiger partial charge in [-0.1, -0.05) is 42.5 Å². The van der Waals surface area contributed by atoms with Gasteiger partial charge in [-0.25, -0.2) is 18.6 Å². The molecule has 0 aliphatic heterocycles. The lowest BCUT2D eigenvalue weighted by molar-refractivity contribution is -0.142. The van der Waals surface area contributed by atoms with Gasteiger partial charge in [-0.05, 0) is 47.5 Å². The number of esters is 1. The number of sulfonamides is 1. The Hall–Kier alpha value is -4.18. The maximum Gasteiger partial charge on any atom is 0.343 e. The van der Waals surface area contributed by atoms with Crippen molar-refractivity contribution in [2.75, 3.05) is 24.3 Å². The van der Waals surface area contributed by atoms with E-state index in [1.807, 2.05) is 30.3 Å². The number of nitrogens with one attached hydrogen (secondary N) is 1. The number of hydrogen-bond donors (Lipinski definition) is 1. The summed E-state index contributed by atoms with van der Waals surface area (Å²) < 4.78 is 36.1. The molecule has 0 heterocycles. The van der Waals surface area contributed by atoms with Gasteiger partial charge in [-0.15, -0.1) is 0 Å². The largest absolute Gasteiger partial charge is 0.482 e. The first kappa shape index (κ1) is 25.4. The number of ether oxygens (including phenoxy) is 2. The van der Waals surface area contributed by atoms with E-state index in [1.165, 1.54) is 23.7 Å². The van der Waals surface area contributed by atoms with E-state index >= 15 is 0 Å². The standard InChI is InChI=1S/C25H25N3O6S/c1-33-24(29)18-34-21-14-12-19(13-15-21)16-26-27-25(30)22-10-6-7-11-23(22)28(35(2,31)32)17-20-8-4-3-5-9-20/h3-16H,17-18H2,1-2H3,(H,27,30)/b26-16+. The monoisotopic (exact) mass is 495 g/mol. The number of para-hydroxylation sites is 1. The van der Waals surface area contributed by atoms with Crippen molar-refractivity contribution >= 4 is 33.8 Å². The van der Waals surface area contributed by atoms with E-state index in [0.29, 0.717) is 11.3 Å². The fraction of sp³-hybridized carbons (Fsp3) is 0.160. The molecular weight excluding hydrogens is 470 g/mol. The minimum Gasteiger partial charge on any atom is -0.482 e. The summed E-state index contributed by atoms with van der Waals surface area (Å²) in [6, 6.07) is 22.2. The third-order valence-corrected chi connectivity index (χ3v) is 5.96. The molecular formula is C25H25N3O6S.